The molecule has 17 heavy (non-hydrogen) atoms. The normalized spacial score (nSPS) is 21.6. The number of hydrogen-bond donors (Lipinski definition) is 1. The van der Waals surface area contributed by atoms with Gasteiger partial charge in [-0.15, -0.1) is 0 Å². The van der Waals surface area contributed by atoms with Crippen LogP contribution in [0.3, 0.4) is 0 Å². The van der Waals surface area contributed by atoms with E-state index in [2.05, 4.69) is 47.8 Å². The lowest BCUT2D eigenvalue weighted by molar-refractivity contribution is -0.143. The van der Waals surface area contributed by atoms with Crippen LogP contribution in [0, 0.1) is 0 Å². The predicted octanol–water partition coefficient (Wildman–Crippen LogP) is 3.41. The van der Waals surface area contributed by atoms with Gasteiger partial charge in [0.25, 0.3) is 0 Å². The van der Waals surface area contributed by atoms with Crippen molar-refractivity contribution in [2.24, 2.45) is 0 Å². The van der Waals surface area contributed by atoms with E-state index in [0.29, 0.717) is 14.5 Å². The van der Waals surface area contributed by atoms with Gasteiger partial charge in [0.2, 0.25) is 0 Å². The SMILES string of the molecule is O=C1O[C@H]([C@H](O)c2ccc(Br)cc2)C(Br)=C1Br. The molecular formula is C11H7Br3O3. The number of esters is 1. The van der Waals surface area contributed by atoms with Crippen LogP contribution in [0.4, 0.5) is 0 Å². The maximum absolute atomic E-state index is 11.3. The van der Waals surface area contributed by atoms with Crippen molar-refractivity contribution >= 4 is 53.8 Å². The van der Waals surface area contributed by atoms with Crippen molar-refractivity contribution in [3.8, 4) is 0 Å². The Hall–Kier alpha value is -0.170. The molecule has 0 amide bonds. The maximum atomic E-state index is 11.3. The van der Waals surface area contributed by atoms with Gasteiger partial charge >= 0.3 is 5.97 Å². The van der Waals surface area contributed by atoms with Gasteiger partial charge in [-0.1, -0.05) is 28.1 Å². The number of carbonyl (C=O) groups excluding carboxylic acids is 1. The van der Waals surface area contributed by atoms with Crippen LogP contribution >= 0.6 is 47.8 Å². The second kappa shape index (κ2) is 5.22. The highest BCUT2D eigenvalue weighted by Gasteiger charge is 2.36. The van der Waals surface area contributed by atoms with Crippen molar-refractivity contribution in [3.63, 3.8) is 0 Å². The zero-order chi connectivity index (χ0) is 12.6. The predicted molar refractivity (Wildman–Crippen MR) is 73.9 cm³/mol. The van der Waals surface area contributed by atoms with Gasteiger partial charge in [0, 0.05) is 4.47 Å². The minimum absolute atomic E-state index is 0.318. The van der Waals surface area contributed by atoms with Crippen molar-refractivity contribution in [1.29, 1.82) is 0 Å². The molecule has 0 aliphatic carbocycles. The van der Waals surface area contributed by atoms with E-state index in [1.807, 2.05) is 12.1 Å². The number of carbonyl (C=O) groups is 1. The highest BCUT2D eigenvalue weighted by atomic mass is 79.9. The summed E-state index contributed by atoms with van der Waals surface area (Å²) in [5.74, 6) is -0.474. The third-order valence-electron chi connectivity index (χ3n) is 2.37. The molecule has 0 unspecified atom stereocenters. The second-order valence-corrected chi connectivity index (χ2v) is 6.05. The van der Waals surface area contributed by atoms with Crippen molar-refractivity contribution in [2.45, 2.75) is 12.2 Å². The number of cyclic esters (lactones) is 1. The van der Waals surface area contributed by atoms with Gasteiger partial charge in [0.15, 0.2) is 6.10 Å². The molecule has 90 valence electrons. The van der Waals surface area contributed by atoms with Gasteiger partial charge in [0.05, 0.1) is 4.48 Å². The Morgan fingerprint density at radius 2 is 1.76 bits per heavy atom. The molecule has 0 fully saturated rings. The van der Waals surface area contributed by atoms with Crippen LogP contribution in [0.25, 0.3) is 0 Å². The van der Waals surface area contributed by atoms with Crippen LogP contribution in [0.2, 0.25) is 0 Å². The first-order valence-corrected chi connectivity index (χ1v) is 7.08. The first-order valence-electron chi connectivity index (χ1n) is 4.70. The van der Waals surface area contributed by atoms with Crippen molar-refractivity contribution in [2.75, 3.05) is 0 Å². The molecule has 0 bridgehead atoms. The van der Waals surface area contributed by atoms with E-state index in [0.717, 1.165) is 4.47 Å². The Kier molecular flexibility index (Phi) is 4.07. The summed E-state index contributed by atoms with van der Waals surface area (Å²) in [5, 5.41) is 10.1. The maximum Gasteiger partial charge on any atom is 0.346 e. The van der Waals surface area contributed by atoms with Gasteiger partial charge in [-0.05, 0) is 49.6 Å². The fourth-order valence-corrected chi connectivity index (χ4v) is 2.57. The van der Waals surface area contributed by atoms with Crippen LogP contribution in [0.15, 0.2) is 37.7 Å². The zero-order valence-corrected chi connectivity index (χ0v) is 13.1. The summed E-state index contributed by atoms with van der Waals surface area (Å²) in [4.78, 5) is 11.3. The lowest BCUT2D eigenvalue weighted by Gasteiger charge is -2.18. The smallest absolute Gasteiger partial charge is 0.346 e. The quantitative estimate of drug-likeness (QED) is 0.737. The molecule has 1 aliphatic heterocycles. The van der Waals surface area contributed by atoms with E-state index in [1.165, 1.54) is 0 Å². The summed E-state index contributed by atoms with van der Waals surface area (Å²) in [6.07, 6.45) is -1.59. The summed E-state index contributed by atoms with van der Waals surface area (Å²) < 4.78 is 6.83. The number of hydrogen-bond acceptors (Lipinski definition) is 3. The van der Waals surface area contributed by atoms with Crippen LogP contribution in [-0.4, -0.2) is 17.2 Å². The largest absolute Gasteiger partial charge is 0.450 e. The average Bonchev–Trinajstić information content (AvgIpc) is 2.57. The van der Waals surface area contributed by atoms with Gasteiger partial charge in [-0.3, -0.25) is 0 Å². The van der Waals surface area contributed by atoms with Crippen LogP contribution in [0.1, 0.15) is 11.7 Å². The standard InChI is InChI=1S/C11H7Br3O3/c12-6-3-1-5(2-4-6)9(15)10-7(13)8(14)11(16)17-10/h1-4,9-10,15H/t9-,10+/m1/s1. The molecule has 1 aromatic rings. The Morgan fingerprint density at radius 1 is 1.18 bits per heavy atom. The fraction of sp³-hybridized carbons (Fsp3) is 0.182. The van der Waals surface area contributed by atoms with Crippen LogP contribution in [0.5, 0.6) is 0 Å². The van der Waals surface area contributed by atoms with Crippen molar-refractivity contribution in [3.05, 3.63) is 43.3 Å². The third-order valence-corrected chi connectivity index (χ3v) is 5.03. The fourth-order valence-electron chi connectivity index (χ4n) is 1.48. The number of halogens is 3. The molecule has 2 atom stereocenters. The molecular weight excluding hydrogens is 420 g/mol. The highest BCUT2D eigenvalue weighted by Crippen LogP contribution is 2.37. The number of ether oxygens (including phenoxy) is 1. The van der Waals surface area contributed by atoms with Crippen LogP contribution in [-0.2, 0) is 9.53 Å². The number of aliphatic hydroxyl groups excluding tert-OH is 1. The topological polar surface area (TPSA) is 46.5 Å². The van der Waals surface area contributed by atoms with Gasteiger partial charge in [-0.25, -0.2) is 4.79 Å². The van der Waals surface area contributed by atoms with E-state index in [9.17, 15) is 9.90 Å². The van der Waals surface area contributed by atoms with Crippen molar-refractivity contribution in [1.82, 2.24) is 0 Å². The first-order chi connectivity index (χ1) is 8.00. The molecule has 1 aromatic carbocycles. The second-order valence-electron chi connectivity index (χ2n) is 3.48. The Labute approximate surface area is 123 Å². The monoisotopic (exact) mass is 424 g/mol. The van der Waals surface area contributed by atoms with E-state index < -0.39 is 18.2 Å². The number of benzene rings is 1. The lowest BCUT2D eigenvalue weighted by Crippen LogP contribution is -2.20. The molecule has 0 spiro atoms. The Balaban J connectivity index is 2.25. The summed E-state index contributed by atoms with van der Waals surface area (Å²) >= 11 is 9.66. The molecule has 0 saturated carbocycles. The van der Waals surface area contributed by atoms with Gasteiger partial charge in [-0.2, -0.15) is 0 Å². The van der Waals surface area contributed by atoms with Crippen molar-refractivity contribution < 1.29 is 14.6 Å². The summed E-state index contributed by atoms with van der Waals surface area (Å²) in [5.41, 5.74) is 0.685. The molecule has 1 heterocycles. The van der Waals surface area contributed by atoms with E-state index >= 15 is 0 Å². The van der Waals surface area contributed by atoms with E-state index in [4.69, 9.17) is 4.74 Å². The molecule has 6 heteroatoms. The molecule has 1 aliphatic rings. The highest BCUT2D eigenvalue weighted by molar-refractivity contribution is 9.14. The zero-order valence-electron chi connectivity index (χ0n) is 8.36. The third kappa shape index (κ3) is 2.65. The molecule has 0 aromatic heterocycles. The Bertz CT molecular complexity index is 481. The average molecular weight is 427 g/mol. The molecule has 2 rings (SSSR count). The number of rotatable bonds is 2. The van der Waals surface area contributed by atoms with Gasteiger partial charge in [0.1, 0.15) is 10.6 Å². The molecule has 0 saturated heterocycles. The lowest BCUT2D eigenvalue weighted by atomic mass is 10.0. The first kappa shape index (κ1) is 13.3. The van der Waals surface area contributed by atoms with E-state index in [1.54, 1.807) is 12.1 Å². The molecule has 3 nitrogen and oxygen atoms in total. The summed E-state index contributed by atoms with van der Waals surface area (Å²) in [6.45, 7) is 0. The summed E-state index contributed by atoms with van der Waals surface area (Å²) in [6, 6.07) is 7.19. The molecule has 0 radical (unpaired) electrons. The minimum Gasteiger partial charge on any atom is -0.450 e. The van der Waals surface area contributed by atoms with Crippen LogP contribution < -0.4 is 0 Å². The minimum atomic E-state index is -0.892. The van der Waals surface area contributed by atoms with Gasteiger partial charge < -0.3 is 9.84 Å². The Morgan fingerprint density at radius 3 is 2.24 bits per heavy atom. The number of aliphatic hydroxyl groups is 1. The van der Waals surface area contributed by atoms with E-state index in [-0.39, 0.29) is 0 Å². The molecule has 1 N–H and O–H groups in total. The summed E-state index contributed by atoms with van der Waals surface area (Å²) in [7, 11) is 0.